The van der Waals surface area contributed by atoms with Crippen LogP contribution in [0.5, 0.6) is 11.5 Å². The van der Waals surface area contributed by atoms with Crippen LogP contribution < -0.4 is 9.46 Å². The van der Waals surface area contributed by atoms with Gasteiger partial charge in [0, 0.05) is 17.8 Å². The maximum atomic E-state index is 11.8. The van der Waals surface area contributed by atoms with E-state index >= 15 is 0 Å². The van der Waals surface area contributed by atoms with Crippen molar-refractivity contribution < 1.29 is 13.7 Å². The zero-order chi connectivity index (χ0) is 17.2. The van der Waals surface area contributed by atoms with Crippen LogP contribution in [0.25, 0.3) is 16.2 Å². The Balaban J connectivity index is 1.54. The molecule has 0 spiro atoms. The predicted octanol–water partition coefficient (Wildman–Crippen LogP) is 2.93. The summed E-state index contributed by atoms with van der Waals surface area (Å²) in [4.78, 5) is 11.3. The van der Waals surface area contributed by atoms with E-state index in [0.717, 1.165) is 22.6 Å². The minimum absolute atomic E-state index is 0.320. The molecule has 2 heterocycles. The number of rotatable bonds is 4. The minimum Gasteiger partial charge on any atom is -0.457 e. The van der Waals surface area contributed by atoms with Crippen molar-refractivity contribution in [2.75, 3.05) is 0 Å². The van der Waals surface area contributed by atoms with Gasteiger partial charge < -0.3 is 4.74 Å². The van der Waals surface area contributed by atoms with Gasteiger partial charge in [0.2, 0.25) is 0 Å². The average molecular weight is 351 g/mol. The lowest BCUT2D eigenvalue weighted by Gasteiger charge is -2.06. The van der Waals surface area contributed by atoms with Crippen LogP contribution in [0.3, 0.4) is 0 Å². The van der Waals surface area contributed by atoms with Crippen molar-refractivity contribution in [3.05, 3.63) is 73.1 Å². The maximum absolute atomic E-state index is 11.8. The van der Waals surface area contributed by atoms with Crippen molar-refractivity contribution in [1.82, 2.24) is 14.5 Å². The van der Waals surface area contributed by atoms with Gasteiger partial charge in [-0.05, 0) is 29.8 Å². The molecule has 124 valence electrons. The molecule has 7 heteroatoms. The number of para-hydroxylation sites is 1. The van der Waals surface area contributed by atoms with E-state index in [0.29, 0.717) is 5.03 Å². The van der Waals surface area contributed by atoms with Crippen LogP contribution in [-0.4, -0.2) is 19.9 Å². The van der Waals surface area contributed by atoms with E-state index in [9.17, 15) is 9.00 Å². The van der Waals surface area contributed by atoms with E-state index in [1.807, 2.05) is 54.6 Å². The SMILES string of the molecule is O=C1C=C(n2cc(-c3ccc(Oc4ccccc4)cc3)cn2)S(=O)N1. The van der Waals surface area contributed by atoms with E-state index in [2.05, 4.69) is 9.82 Å². The summed E-state index contributed by atoms with van der Waals surface area (Å²) in [6.07, 6.45) is 4.68. The van der Waals surface area contributed by atoms with E-state index in [4.69, 9.17) is 4.74 Å². The minimum atomic E-state index is -1.57. The third-order valence-electron chi connectivity index (χ3n) is 3.61. The van der Waals surface area contributed by atoms with Crippen LogP contribution >= 0.6 is 0 Å². The number of aromatic nitrogens is 2. The normalized spacial score (nSPS) is 16.4. The monoisotopic (exact) mass is 351 g/mol. The predicted molar refractivity (Wildman–Crippen MR) is 94.7 cm³/mol. The largest absolute Gasteiger partial charge is 0.457 e. The van der Waals surface area contributed by atoms with Crippen LogP contribution in [0.2, 0.25) is 0 Å². The summed E-state index contributed by atoms with van der Waals surface area (Å²) in [5.74, 6) is 1.13. The molecule has 25 heavy (non-hydrogen) atoms. The molecule has 0 saturated heterocycles. The van der Waals surface area contributed by atoms with Gasteiger partial charge in [0.25, 0.3) is 5.91 Å². The smallest absolute Gasteiger partial charge is 0.258 e. The first-order valence-electron chi connectivity index (χ1n) is 7.51. The van der Waals surface area contributed by atoms with E-state index in [1.54, 1.807) is 12.4 Å². The second kappa shape index (κ2) is 6.37. The third kappa shape index (κ3) is 3.22. The van der Waals surface area contributed by atoms with Gasteiger partial charge in [-0.3, -0.25) is 9.52 Å². The van der Waals surface area contributed by atoms with Crippen molar-refractivity contribution in [2.24, 2.45) is 0 Å². The average Bonchev–Trinajstić information content (AvgIpc) is 3.23. The molecule has 1 unspecified atom stereocenters. The number of amides is 1. The van der Waals surface area contributed by atoms with Gasteiger partial charge in [-0.1, -0.05) is 30.3 Å². The number of hydrogen-bond acceptors (Lipinski definition) is 4. The number of ether oxygens (including phenoxy) is 1. The van der Waals surface area contributed by atoms with Crippen LogP contribution in [0.1, 0.15) is 0 Å². The number of carbonyl (C=O) groups excluding carboxylic acids is 1. The van der Waals surface area contributed by atoms with E-state index < -0.39 is 11.0 Å². The summed E-state index contributed by atoms with van der Waals surface area (Å²) in [7, 11) is -1.57. The van der Waals surface area contributed by atoms with Gasteiger partial charge in [-0.2, -0.15) is 5.10 Å². The number of nitrogens with zero attached hydrogens (tertiary/aromatic N) is 2. The Bertz CT molecular complexity index is 978. The highest BCUT2D eigenvalue weighted by Crippen LogP contribution is 2.26. The Kier molecular flexibility index (Phi) is 3.91. The molecule has 3 aromatic rings. The molecule has 2 aromatic carbocycles. The first-order valence-corrected chi connectivity index (χ1v) is 8.66. The Morgan fingerprint density at radius 2 is 1.68 bits per heavy atom. The van der Waals surface area contributed by atoms with Crippen LogP contribution in [-0.2, 0) is 15.8 Å². The van der Waals surface area contributed by atoms with Gasteiger partial charge in [-0.15, -0.1) is 0 Å². The lowest BCUT2D eigenvalue weighted by molar-refractivity contribution is -0.114. The summed E-state index contributed by atoms with van der Waals surface area (Å²) in [5, 5.41) is 4.50. The first-order chi connectivity index (χ1) is 12.2. The van der Waals surface area contributed by atoms with Gasteiger partial charge in [0.05, 0.1) is 6.20 Å². The second-order valence-corrected chi connectivity index (χ2v) is 6.49. The van der Waals surface area contributed by atoms with Crippen molar-refractivity contribution >= 4 is 21.9 Å². The van der Waals surface area contributed by atoms with Gasteiger partial charge >= 0.3 is 0 Å². The zero-order valence-corrected chi connectivity index (χ0v) is 13.8. The highest BCUT2D eigenvalue weighted by Gasteiger charge is 2.21. The molecule has 4 rings (SSSR count). The standard InChI is InChI=1S/C18H13N3O3S/c22-17-10-18(25(23)20-17)21-12-14(11-19-21)13-6-8-16(9-7-13)24-15-4-2-1-3-5-15/h1-12H,(H,20,22). The molecule has 1 aliphatic rings. The van der Waals surface area contributed by atoms with Gasteiger partial charge in [0.1, 0.15) is 11.5 Å². The first kappa shape index (κ1) is 15.3. The zero-order valence-electron chi connectivity index (χ0n) is 13.0. The molecule has 0 radical (unpaired) electrons. The fourth-order valence-corrected chi connectivity index (χ4v) is 3.25. The maximum Gasteiger partial charge on any atom is 0.258 e. The van der Waals surface area contributed by atoms with Crippen LogP contribution in [0.4, 0.5) is 0 Å². The summed E-state index contributed by atoms with van der Waals surface area (Å²) < 4.78 is 21.3. The fraction of sp³-hybridized carbons (Fsp3) is 0. The summed E-state index contributed by atoms with van der Waals surface area (Å²) >= 11 is 0. The Labute approximate surface area is 146 Å². The lowest BCUT2D eigenvalue weighted by Crippen LogP contribution is -2.17. The molecule has 1 amide bonds. The Morgan fingerprint density at radius 1 is 0.960 bits per heavy atom. The molecule has 0 saturated carbocycles. The third-order valence-corrected chi connectivity index (χ3v) is 4.68. The molecule has 1 aromatic heterocycles. The van der Waals surface area contributed by atoms with Crippen molar-refractivity contribution in [2.45, 2.75) is 0 Å². The molecule has 1 atom stereocenters. The van der Waals surface area contributed by atoms with Crippen LogP contribution in [0.15, 0.2) is 73.1 Å². The molecule has 1 aliphatic heterocycles. The number of nitrogens with one attached hydrogen (secondary N) is 1. The molecule has 6 nitrogen and oxygen atoms in total. The Hall–Kier alpha value is -3.19. The van der Waals surface area contributed by atoms with Crippen molar-refractivity contribution in [1.29, 1.82) is 0 Å². The molecule has 0 aliphatic carbocycles. The fourth-order valence-electron chi connectivity index (χ4n) is 2.42. The van der Waals surface area contributed by atoms with E-state index in [-0.39, 0.29) is 5.91 Å². The van der Waals surface area contributed by atoms with E-state index in [1.165, 1.54) is 10.8 Å². The highest BCUT2D eigenvalue weighted by molar-refractivity contribution is 7.93. The molecular weight excluding hydrogens is 338 g/mol. The summed E-state index contributed by atoms with van der Waals surface area (Å²) in [6, 6.07) is 17.1. The second-order valence-electron chi connectivity index (χ2n) is 5.33. The Morgan fingerprint density at radius 3 is 2.36 bits per heavy atom. The van der Waals surface area contributed by atoms with Crippen molar-refractivity contribution in [3.63, 3.8) is 0 Å². The van der Waals surface area contributed by atoms with Crippen molar-refractivity contribution in [3.8, 4) is 22.6 Å². The topological polar surface area (TPSA) is 73.2 Å². The number of hydrogen-bond donors (Lipinski definition) is 1. The summed E-state index contributed by atoms with van der Waals surface area (Å²) in [6.45, 7) is 0. The van der Waals surface area contributed by atoms with Gasteiger partial charge in [-0.25, -0.2) is 8.89 Å². The highest BCUT2D eigenvalue weighted by atomic mass is 32.2. The molecule has 0 fully saturated rings. The lowest BCUT2D eigenvalue weighted by atomic mass is 10.1. The molecule has 0 bridgehead atoms. The summed E-state index contributed by atoms with van der Waals surface area (Å²) in [5.41, 5.74) is 1.79. The molecule has 1 N–H and O–H groups in total. The quantitative estimate of drug-likeness (QED) is 0.784. The molecular formula is C18H13N3O3S. The van der Waals surface area contributed by atoms with Gasteiger partial charge in [0.15, 0.2) is 16.0 Å². The number of carbonyl (C=O) groups is 1. The van der Waals surface area contributed by atoms with Crippen LogP contribution in [0, 0.1) is 0 Å². The number of benzene rings is 2.